The van der Waals surface area contributed by atoms with Crippen molar-refractivity contribution in [3.63, 3.8) is 0 Å². The molecule has 0 atom stereocenters. The van der Waals surface area contributed by atoms with E-state index in [4.69, 9.17) is 10.3 Å². The summed E-state index contributed by atoms with van der Waals surface area (Å²) in [5.41, 5.74) is 7.55. The van der Waals surface area contributed by atoms with Gasteiger partial charge in [-0.3, -0.25) is 4.79 Å². The molecule has 0 spiro atoms. The van der Waals surface area contributed by atoms with E-state index >= 15 is 0 Å². The topological polar surface area (TPSA) is 81.2 Å². The summed E-state index contributed by atoms with van der Waals surface area (Å²) in [5, 5.41) is 6.92. The Hall–Kier alpha value is -1.07. The lowest BCUT2D eigenvalue weighted by atomic mass is 9.91. The number of aryl methyl sites for hydroxylation is 2. The van der Waals surface area contributed by atoms with Crippen LogP contribution in [0.1, 0.15) is 42.7 Å². The minimum atomic E-state index is 0. The van der Waals surface area contributed by atoms with Crippen LogP contribution in [0.5, 0.6) is 0 Å². The lowest BCUT2D eigenvalue weighted by Gasteiger charge is -2.26. The fourth-order valence-corrected chi connectivity index (χ4v) is 2.46. The van der Waals surface area contributed by atoms with Crippen molar-refractivity contribution in [2.24, 2.45) is 5.73 Å². The third-order valence-corrected chi connectivity index (χ3v) is 3.66. The Kier molecular flexibility index (Phi) is 5.82. The van der Waals surface area contributed by atoms with E-state index in [9.17, 15) is 4.79 Å². The first-order valence-corrected chi connectivity index (χ1v) is 6.53. The number of carbonyl (C=O) groups is 1. The van der Waals surface area contributed by atoms with Crippen LogP contribution >= 0.6 is 12.4 Å². The number of carbonyl (C=O) groups excluding carboxylic acids is 1. The number of amides is 1. The highest BCUT2D eigenvalue weighted by atomic mass is 35.5. The Morgan fingerprint density at radius 3 is 2.53 bits per heavy atom. The number of aromatic nitrogens is 1. The monoisotopic (exact) mass is 287 g/mol. The summed E-state index contributed by atoms with van der Waals surface area (Å²) in [7, 11) is 0. The molecule has 1 aliphatic rings. The molecule has 3 N–H and O–H groups in total. The van der Waals surface area contributed by atoms with Crippen molar-refractivity contribution in [3.8, 4) is 0 Å². The number of nitrogens with one attached hydrogen (secondary N) is 1. The number of nitrogens with zero attached hydrogens (tertiary/aromatic N) is 1. The zero-order chi connectivity index (χ0) is 13.1. The van der Waals surface area contributed by atoms with Crippen LogP contribution < -0.4 is 11.1 Å². The van der Waals surface area contributed by atoms with Crippen LogP contribution in [-0.4, -0.2) is 23.1 Å². The first-order valence-electron chi connectivity index (χ1n) is 6.53. The van der Waals surface area contributed by atoms with Crippen LogP contribution in [0.15, 0.2) is 4.52 Å². The van der Waals surface area contributed by atoms with Gasteiger partial charge in [-0.2, -0.15) is 0 Å². The Morgan fingerprint density at radius 2 is 2.00 bits per heavy atom. The molecule has 5 nitrogen and oxygen atoms in total. The standard InChI is InChI=1S/C13H21N3O2.ClH/c1-8-12(9(2)18-16-8)7-13(17)15-11-5-3-10(14)4-6-11;/h10-11H,3-7,14H2,1-2H3,(H,15,17);1H. The smallest absolute Gasteiger partial charge is 0.224 e. The van der Waals surface area contributed by atoms with Crippen molar-refractivity contribution in [1.82, 2.24) is 10.5 Å². The average molecular weight is 288 g/mol. The molecule has 0 bridgehead atoms. The molecule has 1 aliphatic carbocycles. The Balaban J connectivity index is 0.00000180. The molecule has 108 valence electrons. The van der Waals surface area contributed by atoms with Gasteiger partial charge >= 0.3 is 0 Å². The van der Waals surface area contributed by atoms with Crippen molar-refractivity contribution in [2.75, 3.05) is 0 Å². The second-order valence-electron chi connectivity index (χ2n) is 5.16. The Labute approximate surface area is 119 Å². The van der Waals surface area contributed by atoms with Crippen LogP contribution in [0, 0.1) is 13.8 Å². The lowest BCUT2D eigenvalue weighted by Crippen LogP contribution is -2.41. The van der Waals surface area contributed by atoms with Crippen molar-refractivity contribution in [3.05, 3.63) is 17.0 Å². The van der Waals surface area contributed by atoms with E-state index in [0.717, 1.165) is 42.7 Å². The molecule has 0 saturated heterocycles. The van der Waals surface area contributed by atoms with Gasteiger partial charge in [0.2, 0.25) is 5.91 Å². The van der Waals surface area contributed by atoms with Gasteiger partial charge in [0.25, 0.3) is 0 Å². The molecule has 1 aromatic rings. The Morgan fingerprint density at radius 1 is 1.37 bits per heavy atom. The highest BCUT2D eigenvalue weighted by Crippen LogP contribution is 2.18. The molecular formula is C13H22ClN3O2. The van der Waals surface area contributed by atoms with Gasteiger partial charge in [0.15, 0.2) is 0 Å². The fraction of sp³-hybridized carbons (Fsp3) is 0.692. The summed E-state index contributed by atoms with van der Waals surface area (Å²) in [5.74, 6) is 0.776. The molecule has 1 amide bonds. The minimum absolute atomic E-state index is 0. The van der Waals surface area contributed by atoms with Crippen LogP contribution in [-0.2, 0) is 11.2 Å². The van der Waals surface area contributed by atoms with Gasteiger partial charge in [-0.15, -0.1) is 12.4 Å². The maximum atomic E-state index is 12.0. The second kappa shape index (κ2) is 6.91. The van der Waals surface area contributed by atoms with Crippen LogP contribution in [0.3, 0.4) is 0 Å². The maximum absolute atomic E-state index is 12.0. The Bertz CT molecular complexity index is 406. The SMILES string of the molecule is Cc1noc(C)c1CC(=O)NC1CCC(N)CC1.Cl. The van der Waals surface area contributed by atoms with Gasteiger partial charge < -0.3 is 15.6 Å². The van der Waals surface area contributed by atoms with Crippen molar-refractivity contribution >= 4 is 18.3 Å². The summed E-state index contributed by atoms with van der Waals surface area (Å²) in [6.45, 7) is 3.70. The largest absolute Gasteiger partial charge is 0.361 e. The molecule has 1 fully saturated rings. The number of halogens is 1. The third-order valence-electron chi connectivity index (χ3n) is 3.66. The van der Waals surface area contributed by atoms with E-state index in [2.05, 4.69) is 10.5 Å². The van der Waals surface area contributed by atoms with Crippen molar-refractivity contribution in [1.29, 1.82) is 0 Å². The molecule has 1 heterocycles. The molecule has 1 aromatic heterocycles. The molecule has 0 aliphatic heterocycles. The summed E-state index contributed by atoms with van der Waals surface area (Å²) < 4.78 is 5.05. The first-order chi connectivity index (χ1) is 8.56. The van der Waals surface area contributed by atoms with Crippen LogP contribution in [0.25, 0.3) is 0 Å². The quantitative estimate of drug-likeness (QED) is 0.885. The van der Waals surface area contributed by atoms with Gasteiger partial charge in [0.1, 0.15) is 5.76 Å². The van der Waals surface area contributed by atoms with E-state index in [1.807, 2.05) is 13.8 Å². The fourth-order valence-electron chi connectivity index (χ4n) is 2.46. The molecule has 1 saturated carbocycles. The molecule has 19 heavy (non-hydrogen) atoms. The maximum Gasteiger partial charge on any atom is 0.224 e. The summed E-state index contributed by atoms with van der Waals surface area (Å²) in [6, 6.07) is 0.582. The average Bonchev–Trinajstić information content (AvgIpc) is 2.64. The second-order valence-corrected chi connectivity index (χ2v) is 5.16. The van der Waals surface area contributed by atoms with Gasteiger partial charge in [0, 0.05) is 17.6 Å². The van der Waals surface area contributed by atoms with Gasteiger partial charge in [-0.05, 0) is 39.5 Å². The summed E-state index contributed by atoms with van der Waals surface area (Å²) in [4.78, 5) is 12.0. The van der Waals surface area contributed by atoms with Crippen LogP contribution in [0.2, 0.25) is 0 Å². The number of nitrogens with two attached hydrogens (primary N) is 1. The zero-order valence-corrected chi connectivity index (χ0v) is 12.3. The molecule has 0 radical (unpaired) electrons. The van der Waals surface area contributed by atoms with E-state index < -0.39 is 0 Å². The normalized spacial score (nSPS) is 22.7. The molecule has 6 heteroatoms. The summed E-state index contributed by atoms with van der Waals surface area (Å²) in [6.07, 6.45) is 4.30. The van der Waals surface area contributed by atoms with Gasteiger partial charge in [-0.25, -0.2) is 0 Å². The van der Waals surface area contributed by atoms with Gasteiger partial charge in [-0.1, -0.05) is 5.16 Å². The number of rotatable bonds is 3. The predicted molar refractivity (Wildman–Crippen MR) is 75.3 cm³/mol. The highest BCUT2D eigenvalue weighted by molar-refractivity contribution is 5.85. The van der Waals surface area contributed by atoms with Crippen molar-refractivity contribution < 1.29 is 9.32 Å². The van der Waals surface area contributed by atoms with Gasteiger partial charge in [0.05, 0.1) is 12.1 Å². The van der Waals surface area contributed by atoms with Crippen LogP contribution in [0.4, 0.5) is 0 Å². The van der Waals surface area contributed by atoms with E-state index in [1.54, 1.807) is 0 Å². The number of hydrogen-bond acceptors (Lipinski definition) is 4. The highest BCUT2D eigenvalue weighted by Gasteiger charge is 2.21. The zero-order valence-electron chi connectivity index (χ0n) is 11.4. The predicted octanol–water partition coefficient (Wildman–Crippen LogP) is 1.64. The van der Waals surface area contributed by atoms with E-state index in [-0.39, 0.29) is 24.4 Å². The molecule has 2 rings (SSSR count). The summed E-state index contributed by atoms with van der Waals surface area (Å²) >= 11 is 0. The minimum Gasteiger partial charge on any atom is -0.361 e. The lowest BCUT2D eigenvalue weighted by molar-refractivity contribution is -0.121. The van der Waals surface area contributed by atoms with E-state index in [0.29, 0.717) is 12.5 Å². The number of hydrogen-bond donors (Lipinski definition) is 2. The van der Waals surface area contributed by atoms with Crippen molar-refractivity contribution in [2.45, 2.75) is 58.0 Å². The molecule has 0 unspecified atom stereocenters. The molecular weight excluding hydrogens is 266 g/mol. The van der Waals surface area contributed by atoms with E-state index in [1.165, 1.54) is 0 Å². The first kappa shape index (κ1) is 16.0. The molecule has 0 aromatic carbocycles. The third kappa shape index (κ3) is 4.21.